The lowest BCUT2D eigenvalue weighted by Gasteiger charge is -2.34. The summed E-state index contributed by atoms with van der Waals surface area (Å²) in [6, 6.07) is 10.2. The van der Waals surface area contributed by atoms with Crippen LogP contribution >= 0.6 is 0 Å². The van der Waals surface area contributed by atoms with E-state index in [1.54, 1.807) is 24.5 Å². The smallest absolute Gasteiger partial charge is 0.227 e. The van der Waals surface area contributed by atoms with Crippen LogP contribution in [0.2, 0.25) is 0 Å². The second-order valence-electron chi connectivity index (χ2n) is 5.82. The average molecular weight is 313 g/mol. The molecule has 5 heteroatoms. The normalized spacial score (nSPS) is 15.6. The molecule has 1 aliphatic rings. The van der Waals surface area contributed by atoms with Gasteiger partial charge in [0.25, 0.3) is 0 Å². The van der Waals surface area contributed by atoms with E-state index in [2.05, 4.69) is 9.88 Å². The monoisotopic (exact) mass is 313 g/mol. The first kappa shape index (κ1) is 15.6. The number of hydrogen-bond donors (Lipinski definition) is 0. The molecule has 0 unspecified atom stereocenters. The Balaban J connectivity index is 1.48. The number of rotatable bonds is 4. The first-order valence-corrected chi connectivity index (χ1v) is 7.84. The molecule has 0 bridgehead atoms. The minimum Gasteiger partial charge on any atom is -0.340 e. The van der Waals surface area contributed by atoms with Crippen LogP contribution in [-0.2, 0) is 17.8 Å². The first-order chi connectivity index (χ1) is 11.2. The van der Waals surface area contributed by atoms with Gasteiger partial charge in [0.1, 0.15) is 5.82 Å². The number of carbonyl (C=O) groups excluding carboxylic acids is 1. The van der Waals surface area contributed by atoms with Crippen LogP contribution in [0.4, 0.5) is 4.39 Å². The number of amides is 1. The van der Waals surface area contributed by atoms with E-state index in [-0.39, 0.29) is 11.7 Å². The van der Waals surface area contributed by atoms with E-state index in [1.807, 2.05) is 17.0 Å². The summed E-state index contributed by atoms with van der Waals surface area (Å²) in [4.78, 5) is 20.6. The number of nitrogens with zero attached hydrogens (tertiary/aromatic N) is 3. The molecule has 0 N–H and O–H groups in total. The summed E-state index contributed by atoms with van der Waals surface area (Å²) in [6.45, 7) is 4.12. The largest absolute Gasteiger partial charge is 0.340 e. The Morgan fingerprint density at radius 2 is 1.61 bits per heavy atom. The van der Waals surface area contributed by atoms with Crippen molar-refractivity contribution >= 4 is 5.91 Å². The maximum atomic E-state index is 12.9. The average Bonchev–Trinajstić information content (AvgIpc) is 2.58. The topological polar surface area (TPSA) is 36.4 Å². The van der Waals surface area contributed by atoms with E-state index in [1.165, 1.54) is 17.7 Å². The molecule has 120 valence electrons. The van der Waals surface area contributed by atoms with Crippen molar-refractivity contribution in [3.63, 3.8) is 0 Å². The van der Waals surface area contributed by atoms with Crippen LogP contribution in [0.15, 0.2) is 48.8 Å². The van der Waals surface area contributed by atoms with Crippen LogP contribution in [0.1, 0.15) is 11.1 Å². The molecular weight excluding hydrogens is 293 g/mol. The van der Waals surface area contributed by atoms with E-state index in [0.717, 1.165) is 38.3 Å². The van der Waals surface area contributed by atoms with Crippen LogP contribution in [0, 0.1) is 5.82 Å². The van der Waals surface area contributed by atoms with Crippen molar-refractivity contribution in [3.8, 4) is 0 Å². The summed E-state index contributed by atoms with van der Waals surface area (Å²) < 4.78 is 12.9. The Bertz CT molecular complexity index is 637. The SMILES string of the molecule is O=C(Cc1ccc(F)cc1)N1CCN(Cc2ccncc2)CC1. The highest BCUT2D eigenvalue weighted by atomic mass is 19.1. The third-order valence-corrected chi connectivity index (χ3v) is 4.15. The summed E-state index contributed by atoms with van der Waals surface area (Å²) in [5.74, 6) is -0.161. The molecule has 2 heterocycles. The van der Waals surface area contributed by atoms with E-state index >= 15 is 0 Å². The van der Waals surface area contributed by atoms with Crippen LogP contribution in [0.5, 0.6) is 0 Å². The van der Waals surface area contributed by atoms with E-state index < -0.39 is 0 Å². The first-order valence-electron chi connectivity index (χ1n) is 7.84. The van der Waals surface area contributed by atoms with Gasteiger partial charge in [0.15, 0.2) is 0 Å². The third kappa shape index (κ3) is 4.36. The second-order valence-corrected chi connectivity index (χ2v) is 5.82. The molecule has 0 atom stereocenters. The van der Waals surface area contributed by atoms with Gasteiger partial charge in [-0.3, -0.25) is 14.7 Å². The number of aromatic nitrogens is 1. The zero-order valence-electron chi connectivity index (χ0n) is 13.0. The Morgan fingerprint density at radius 3 is 2.26 bits per heavy atom. The zero-order chi connectivity index (χ0) is 16.1. The molecule has 0 saturated carbocycles. The Morgan fingerprint density at radius 1 is 0.957 bits per heavy atom. The number of pyridine rings is 1. The van der Waals surface area contributed by atoms with Gasteiger partial charge in [0, 0.05) is 45.1 Å². The van der Waals surface area contributed by atoms with Crippen molar-refractivity contribution < 1.29 is 9.18 Å². The number of hydrogen-bond acceptors (Lipinski definition) is 3. The van der Waals surface area contributed by atoms with E-state index in [0.29, 0.717) is 6.42 Å². The molecule has 4 nitrogen and oxygen atoms in total. The van der Waals surface area contributed by atoms with Gasteiger partial charge >= 0.3 is 0 Å². The molecule has 0 spiro atoms. The van der Waals surface area contributed by atoms with Gasteiger partial charge in [0.2, 0.25) is 5.91 Å². The van der Waals surface area contributed by atoms with Crippen molar-refractivity contribution in [1.82, 2.24) is 14.8 Å². The maximum Gasteiger partial charge on any atom is 0.227 e. The van der Waals surface area contributed by atoms with Crippen LogP contribution in [0.3, 0.4) is 0 Å². The molecule has 23 heavy (non-hydrogen) atoms. The van der Waals surface area contributed by atoms with Crippen molar-refractivity contribution in [2.24, 2.45) is 0 Å². The Kier molecular flexibility index (Phi) is 4.98. The predicted octanol–water partition coefficient (Wildman–Crippen LogP) is 2.11. The number of piperazine rings is 1. The van der Waals surface area contributed by atoms with Crippen molar-refractivity contribution in [1.29, 1.82) is 0 Å². The molecule has 0 aliphatic carbocycles. The minimum atomic E-state index is -0.272. The van der Waals surface area contributed by atoms with Crippen LogP contribution in [-0.4, -0.2) is 46.9 Å². The summed E-state index contributed by atoms with van der Waals surface area (Å²) in [5, 5.41) is 0. The molecule has 2 aromatic rings. The summed E-state index contributed by atoms with van der Waals surface area (Å²) in [6.07, 6.45) is 3.94. The highest BCUT2D eigenvalue weighted by Crippen LogP contribution is 2.10. The fourth-order valence-electron chi connectivity index (χ4n) is 2.79. The summed E-state index contributed by atoms with van der Waals surface area (Å²) in [7, 11) is 0. The lowest BCUT2D eigenvalue weighted by Crippen LogP contribution is -2.48. The fraction of sp³-hybridized carbons (Fsp3) is 0.333. The van der Waals surface area contributed by atoms with Crippen LogP contribution < -0.4 is 0 Å². The molecule has 1 saturated heterocycles. The lowest BCUT2D eigenvalue weighted by atomic mass is 10.1. The molecule has 0 radical (unpaired) electrons. The fourth-order valence-corrected chi connectivity index (χ4v) is 2.79. The Labute approximate surface area is 135 Å². The van der Waals surface area contributed by atoms with E-state index in [9.17, 15) is 9.18 Å². The molecule has 3 rings (SSSR count). The molecule has 1 aromatic carbocycles. The second kappa shape index (κ2) is 7.33. The van der Waals surface area contributed by atoms with Crippen molar-refractivity contribution in [2.75, 3.05) is 26.2 Å². The van der Waals surface area contributed by atoms with Gasteiger partial charge in [-0.2, -0.15) is 0 Å². The molecule has 1 amide bonds. The minimum absolute atomic E-state index is 0.111. The highest BCUT2D eigenvalue weighted by Gasteiger charge is 2.21. The third-order valence-electron chi connectivity index (χ3n) is 4.15. The number of benzene rings is 1. The summed E-state index contributed by atoms with van der Waals surface area (Å²) >= 11 is 0. The predicted molar refractivity (Wildman–Crippen MR) is 86.2 cm³/mol. The highest BCUT2D eigenvalue weighted by molar-refractivity contribution is 5.78. The maximum absolute atomic E-state index is 12.9. The standard InChI is InChI=1S/C18H20FN3O/c19-17-3-1-15(2-4-17)13-18(23)22-11-9-21(10-12-22)14-16-5-7-20-8-6-16/h1-8H,9-14H2. The van der Waals surface area contributed by atoms with Gasteiger partial charge in [-0.1, -0.05) is 12.1 Å². The Hall–Kier alpha value is -2.27. The molecule has 1 aromatic heterocycles. The summed E-state index contributed by atoms with van der Waals surface area (Å²) in [5.41, 5.74) is 2.10. The zero-order valence-corrected chi connectivity index (χ0v) is 13.0. The van der Waals surface area contributed by atoms with Gasteiger partial charge < -0.3 is 4.90 Å². The number of carbonyl (C=O) groups is 1. The van der Waals surface area contributed by atoms with Gasteiger partial charge in [-0.15, -0.1) is 0 Å². The van der Waals surface area contributed by atoms with E-state index in [4.69, 9.17) is 0 Å². The molecule has 1 fully saturated rings. The quantitative estimate of drug-likeness (QED) is 0.867. The van der Waals surface area contributed by atoms with Gasteiger partial charge in [0.05, 0.1) is 6.42 Å². The van der Waals surface area contributed by atoms with Gasteiger partial charge in [-0.05, 0) is 35.4 Å². The lowest BCUT2D eigenvalue weighted by molar-refractivity contribution is -0.132. The van der Waals surface area contributed by atoms with Crippen molar-refractivity contribution in [2.45, 2.75) is 13.0 Å². The number of halogens is 1. The molecular formula is C18H20FN3O. The van der Waals surface area contributed by atoms with Crippen LogP contribution in [0.25, 0.3) is 0 Å². The van der Waals surface area contributed by atoms with Gasteiger partial charge in [-0.25, -0.2) is 4.39 Å². The van der Waals surface area contributed by atoms with Crippen molar-refractivity contribution in [3.05, 3.63) is 65.7 Å². The molecule has 1 aliphatic heterocycles.